The third-order valence-electron chi connectivity index (χ3n) is 7.34. The number of nitrogens with zero attached hydrogens (tertiary/aromatic N) is 2. The van der Waals surface area contributed by atoms with Gasteiger partial charge in [-0.25, -0.2) is 9.97 Å². The highest BCUT2D eigenvalue weighted by Crippen LogP contribution is 2.36. The van der Waals surface area contributed by atoms with Gasteiger partial charge in [0, 0.05) is 23.6 Å². The second-order valence-electron chi connectivity index (χ2n) is 10.0. The monoisotopic (exact) mass is 523 g/mol. The zero-order chi connectivity index (χ0) is 25.9. The summed E-state index contributed by atoms with van der Waals surface area (Å²) in [7, 11) is 0. The highest BCUT2D eigenvalue weighted by molar-refractivity contribution is 6.28. The Hall–Kier alpha value is -2.39. The number of hydrogen-bond donors (Lipinski definition) is 3. The Morgan fingerprint density at radius 2 is 2.03 bits per heavy atom. The molecule has 2 unspecified atom stereocenters. The molecule has 1 saturated heterocycles. The molecule has 36 heavy (non-hydrogen) atoms. The van der Waals surface area contributed by atoms with E-state index < -0.39 is 17.8 Å². The largest absolute Gasteiger partial charge is 0.416 e. The number of nitrogens with one attached hydrogen (secondary N) is 2. The van der Waals surface area contributed by atoms with Gasteiger partial charge < -0.3 is 16.4 Å². The summed E-state index contributed by atoms with van der Waals surface area (Å²) in [6.07, 6.45) is 2.14. The normalized spacial score (nSPS) is 21.4. The minimum absolute atomic E-state index is 0.0467. The fourth-order valence-electron chi connectivity index (χ4n) is 5.29. The molecule has 2 heterocycles. The van der Waals surface area contributed by atoms with E-state index >= 15 is 0 Å². The number of hydrogen-bond acceptors (Lipinski definition) is 6. The van der Waals surface area contributed by atoms with Gasteiger partial charge >= 0.3 is 6.18 Å². The van der Waals surface area contributed by atoms with Crippen LogP contribution in [0.25, 0.3) is 0 Å². The fraction of sp³-hybridized carbons (Fsp3) is 0.577. The number of aromatic nitrogens is 2. The molecule has 0 amide bonds. The van der Waals surface area contributed by atoms with Crippen molar-refractivity contribution >= 4 is 28.9 Å². The topological polar surface area (TPSA) is 92.9 Å². The average molecular weight is 524 g/mol. The lowest BCUT2D eigenvalue weighted by molar-refractivity contribution is -0.137. The first kappa shape index (κ1) is 26.7. The second-order valence-corrected chi connectivity index (χ2v) is 10.3. The van der Waals surface area contributed by atoms with Crippen molar-refractivity contribution in [1.82, 2.24) is 15.3 Å². The molecular weight excluding hydrogens is 491 g/mol. The molecular formula is C26H33ClF3N5O. The van der Waals surface area contributed by atoms with E-state index in [0.717, 1.165) is 75.0 Å². The number of carbonyl (C=O) groups is 1. The molecule has 4 N–H and O–H groups in total. The first-order chi connectivity index (χ1) is 17.1. The molecule has 1 aromatic carbocycles. The van der Waals surface area contributed by atoms with Crippen molar-refractivity contribution in [1.29, 1.82) is 0 Å². The van der Waals surface area contributed by atoms with E-state index in [1.54, 1.807) is 6.92 Å². The molecule has 0 radical (unpaired) electrons. The highest BCUT2D eigenvalue weighted by atomic mass is 35.5. The molecule has 2 aromatic rings. The van der Waals surface area contributed by atoms with Gasteiger partial charge in [0.15, 0.2) is 0 Å². The molecule has 1 aliphatic carbocycles. The standard InChI is InChI=1S/C26H33ClF3N5O/c1-15(18-12-19(26(28,29)30)14-20(31)13-18)33-24-21-11-16(4-6-22(21)34-25(27)35-24)5-7-23(36)17-3-2-9-32-10-8-17/h12-17,32H,2-11,31H2,1H3,(H,33,34,35)/t15-,16?,17?/m1/s1. The number of benzene rings is 1. The Kier molecular flexibility index (Phi) is 8.40. The lowest BCUT2D eigenvalue weighted by Crippen LogP contribution is -2.22. The van der Waals surface area contributed by atoms with E-state index in [1.807, 2.05) is 0 Å². The van der Waals surface area contributed by atoms with Crippen LogP contribution < -0.4 is 16.4 Å². The molecule has 3 atom stereocenters. The van der Waals surface area contributed by atoms with Gasteiger partial charge in [0.1, 0.15) is 11.6 Å². The summed E-state index contributed by atoms with van der Waals surface area (Å²) in [5.41, 5.74) is 7.19. The van der Waals surface area contributed by atoms with Crippen molar-refractivity contribution in [2.24, 2.45) is 11.8 Å². The van der Waals surface area contributed by atoms with Crippen molar-refractivity contribution < 1.29 is 18.0 Å². The summed E-state index contributed by atoms with van der Waals surface area (Å²) in [6, 6.07) is 3.06. The third-order valence-corrected chi connectivity index (χ3v) is 7.50. The molecule has 196 valence electrons. The van der Waals surface area contributed by atoms with Crippen LogP contribution in [0.5, 0.6) is 0 Å². The lowest BCUT2D eigenvalue weighted by atomic mass is 9.82. The van der Waals surface area contributed by atoms with Gasteiger partial charge in [-0.3, -0.25) is 4.79 Å². The molecule has 1 aromatic heterocycles. The van der Waals surface area contributed by atoms with E-state index in [9.17, 15) is 18.0 Å². The second kappa shape index (κ2) is 11.3. The van der Waals surface area contributed by atoms with Crippen LogP contribution in [0.4, 0.5) is 24.7 Å². The quantitative estimate of drug-likeness (QED) is 0.316. The number of anilines is 2. The Morgan fingerprint density at radius 3 is 2.81 bits per heavy atom. The number of nitrogen functional groups attached to an aromatic ring is 1. The van der Waals surface area contributed by atoms with Gasteiger partial charge in [-0.05, 0) is 106 Å². The number of ketones is 1. The lowest BCUT2D eigenvalue weighted by Gasteiger charge is -2.27. The van der Waals surface area contributed by atoms with Gasteiger partial charge in [0.05, 0.1) is 17.3 Å². The van der Waals surface area contributed by atoms with Gasteiger partial charge in [0.2, 0.25) is 5.28 Å². The summed E-state index contributed by atoms with van der Waals surface area (Å²) in [5.74, 6) is 1.34. The maximum absolute atomic E-state index is 13.3. The minimum Gasteiger partial charge on any atom is -0.399 e. The zero-order valence-corrected chi connectivity index (χ0v) is 21.2. The number of fused-ring (bicyclic) bond motifs is 1. The van der Waals surface area contributed by atoms with Crippen molar-refractivity contribution in [3.8, 4) is 0 Å². The first-order valence-corrected chi connectivity index (χ1v) is 13.0. The van der Waals surface area contributed by atoms with E-state index in [2.05, 4.69) is 20.6 Å². The highest BCUT2D eigenvalue weighted by Gasteiger charge is 2.32. The molecule has 6 nitrogen and oxygen atoms in total. The molecule has 0 bridgehead atoms. The predicted octanol–water partition coefficient (Wildman–Crippen LogP) is 5.75. The van der Waals surface area contributed by atoms with Gasteiger partial charge in [-0.15, -0.1) is 0 Å². The maximum atomic E-state index is 13.3. The van der Waals surface area contributed by atoms with Crippen LogP contribution >= 0.6 is 11.6 Å². The maximum Gasteiger partial charge on any atom is 0.416 e. The molecule has 0 saturated carbocycles. The van der Waals surface area contributed by atoms with E-state index in [4.69, 9.17) is 17.3 Å². The number of halogens is 4. The molecule has 1 aliphatic heterocycles. The molecule has 1 fully saturated rings. The van der Waals surface area contributed by atoms with Crippen LogP contribution in [0.15, 0.2) is 18.2 Å². The number of aryl methyl sites for hydroxylation is 1. The minimum atomic E-state index is -4.49. The predicted molar refractivity (Wildman–Crippen MR) is 135 cm³/mol. The first-order valence-electron chi connectivity index (χ1n) is 12.6. The third kappa shape index (κ3) is 6.68. The zero-order valence-electron chi connectivity index (χ0n) is 20.4. The van der Waals surface area contributed by atoms with Crippen molar-refractivity contribution in [3.63, 3.8) is 0 Å². The summed E-state index contributed by atoms with van der Waals surface area (Å²) in [5, 5.41) is 6.70. The van der Waals surface area contributed by atoms with Gasteiger partial charge in [-0.2, -0.15) is 13.2 Å². The van der Waals surface area contributed by atoms with E-state index in [-0.39, 0.29) is 16.9 Å². The van der Waals surface area contributed by atoms with Gasteiger partial charge in [0.25, 0.3) is 0 Å². The van der Waals surface area contributed by atoms with Crippen LogP contribution in [0.3, 0.4) is 0 Å². The number of carbonyl (C=O) groups excluding carboxylic acids is 1. The van der Waals surface area contributed by atoms with Crippen molar-refractivity contribution in [2.45, 2.75) is 70.5 Å². The Labute approximate surface area is 214 Å². The number of nitrogens with two attached hydrogens (primary N) is 1. The number of rotatable bonds is 7. The molecule has 10 heteroatoms. The average Bonchev–Trinajstić information content (AvgIpc) is 3.11. The fourth-order valence-corrected chi connectivity index (χ4v) is 5.48. The Balaban J connectivity index is 1.46. The molecule has 0 spiro atoms. The Morgan fingerprint density at radius 1 is 1.22 bits per heavy atom. The summed E-state index contributed by atoms with van der Waals surface area (Å²) < 4.78 is 39.9. The SMILES string of the molecule is C[C@@H](Nc1nc(Cl)nc2c1CC(CCC(=O)C1CCCNCC1)CC2)c1cc(N)cc(C(F)(F)F)c1. The summed E-state index contributed by atoms with van der Waals surface area (Å²) in [4.78, 5) is 21.6. The van der Waals surface area contributed by atoms with Crippen LogP contribution in [0.1, 0.15) is 73.9 Å². The smallest absolute Gasteiger partial charge is 0.399 e. The molecule has 2 aliphatic rings. The number of Topliss-reactive ketones (excluding diaryl/α,β-unsaturated/α-hetero) is 1. The van der Waals surface area contributed by atoms with Gasteiger partial charge in [-0.1, -0.05) is 0 Å². The van der Waals surface area contributed by atoms with Crippen LogP contribution in [-0.4, -0.2) is 28.8 Å². The van der Waals surface area contributed by atoms with Crippen molar-refractivity contribution in [2.75, 3.05) is 24.1 Å². The molecule has 4 rings (SSSR count). The summed E-state index contributed by atoms with van der Waals surface area (Å²) >= 11 is 6.18. The van der Waals surface area contributed by atoms with Crippen LogP contribution in [0, 0.1) is 11.8 Å². The van der Waals surface area contributed by atoms with E-state index in [0.29, 0.717) is 35.9 Å². The number of alkyl halides is 3. The van der Waals surface area contributed by atoms with Crippen molar-refractivity contribution in [3.05, 3.63) is 45.9 Å². The summed E-state index contributed by atoms with van der Waals surface area (Å²) in [6.45, 7) is 3.64. The van der Waals surface area contributed by atoms with E-state index in [1.165, 1.54) is 6.07 Å². The van der Waals surface area contributed by atoms with Crippen LogP contribution in [-0.2, 0) is 23.8 Å². The Bertz CT molecular complexity index is 1090. The van der Waals surface area contributed by atoms with Crippen LogP contribution in [0.2, 0.25) is 5.28 Å².